The van der Waals surface area contributed by atoms with Crippen LogP contribution in [0.25, 0.3) is 0 Å². The van der Waals surface area contributed by atoms with Gasteiger partial charge in [-0.2, -0.15) is 0 Å². The quantitative estimate of drug-likeness (QED) is 0.858. The van der Waals surface area contributed by atoms with E-state index < -0.39 is 0 Å². The van der Waals surface area contributed by atoms with Crippen molar-refractivity contribution in [2.24, 2.45) is 0 Å². The van der Waals surface area contributed by atoms with Gasteiger partial charge in [0.05, 0.1) is 13.2 Å². The predicted octanol–water partition coefficient (Wildman–Crippen LogP) is 2.39. The molecular formula is C18H26N2O. The van der Waals surface area contributed by atoms with E-state index in [9.17, 15) is 0 Å². The zero-order valence-corrected chi connectivity index (χ0v) is 13.0. The van der Waals surface area contributed by atoms with Gasteiger partial charge in [0.2, 0.25) is 0 Å². The summed E-state index contributed by atoms with van der Waals surface area (Å²) < 4.78 is 5.56. The predicted molar refractivity (Wildman–Crippen MR) is 84.7 cm³/mol. The number of hydrogen-bond donors (Lipinski definition) is 1. The Hall–Kier alpha value is -0.900. The molecule has 1 aliphatic carbocycles. The van der Waals surface area contributed by atoms with E-state index in [1.165, 1.54) is 37.9 Å². The third-order valence-electron chi connectivity index (χ3n) is 5.77. The van der Waals surface area contributed by atoms with Crippen molar-refractivity contribution in [2.75, 3.05) is 39.4 Å². The average Bonchev–Trinajstić information content (AvgIpc) is 2.83. The van der Waals surface area contributed by atoms with Crippen LogP contribution in [0.3, 0.4) is 0 Å². The highest BCUT2D eigenvalue weighted by Gasteiger charge is 2.45. The summed E-state index contributed by atoms with van der Waals surface area (Å²) in [5.74, 6) is 0. The molecule has 114 valence electrons. The van der Waals surface area contributed by atoms with Crippen LogP contribution in [0.4, 0.5) is 0 Å². The molecule has 1 aromatic carbocycles. The van der Waals surface area contributed by atoms with Gasteiger partial charge in [-0.25, -0.2) is 0 Å². The highest BCUT2D eigenvalue weighted by molar-refractivity contribution is 5.45. The van der Waals surface area contributed by atoms with Crippen molar-refractivity contribution < 1.29 is 4.74 Å². The molecular weight excluding hydrogens is 260 g/mol. The van der Waals surface area contributed by atoms with Gasteiger partial charge in [0.25, 0.3) is 0 Å². The van der Waals surface area contributed by atoms with Gasteiger partial charge in [-0.15, -0.1) is 0 Å². The fraction of sp³-hybridized carbons (Fsp3) is 0.667. The summed E-state index contributed by atoms with van der Waals surface area (Å²) in [6, 6.07) is 7.80. The normalized spacial score (nSPS) is 28.7. The Morgan fingerprint density at radius 3 is 2.71 bits per heavy atom. The number of benzene rings is 1. The van der Waals surface area contributed by atoms with Crippen molar-refractivity contribution in [1.82, 2.24) is 10.2 Å². The topological polar surface area (TPSA) is 24.5 Å². The Morgan fingerprint density at radius 1 is 1.19 bits per heavy atom. The molecule has 4 rings (SSSR count). The van der Waals surface area contributed by atoms with Gasteiger partial charge < -0.3 is 10.1 Å². The molecule has 0 saturated carbocycles. The number of hydrogen-bond acceptors (Lipinski definition) is 3. The van der Waals surface area contributed by atoms with Crippen molar-refractivity contribution in [3.05, 3.63) is 34.9 Å². The van der Waals surface area contributed by atoms with Crippen molar-refractivity contribution >= 4 is 0 Å². The summed E-state index contributed by atoms with van der Waals surface area (Å²) in [6.07, 6.45) is 3.90. The van der Waals surface area contributed by atoms with E-state index in [4.69, 9.17) is 4.74 Å². The summed E-state index contributed by atoms with van der Waals surface area (Å²) in [5, 5.41) is 3.54. The van der Waals surface area contributed by atoms with Gasteiger partial charge >= 0.3 is 0 Å². The molecule has 0 bridgehead atoms. The molecule has 3 nitrogen and oxygen atoms in total. The van der Waals surface area contributed by atoms with Crippen LogP contribution in [0.15, 0.2) is 18.2 Å². The zero-order chi connectivity index (χ0) is 14.3. The first-order valence-electron chi connectivity index (χ1n) is 8.42. The maximum absolute atomic E-state index is 5.56. The Labute approximate surface area is 127 Å². The molecule has 0 amide bonds. The SMILES string of the molecule is Cc1ccc2c(c1)[C@H](N1CCOCC1)CC21CCNCC1. The van der Waals surface area contributed by atoms with Crippen LogP contribution in [-0.4, -0.2) is 44.3 Å². The first kappa shape index (κ1) is 13.7. The molecule has 1 atom stereocenters. The molecule has 1 N–H and O–H groups in total. The Bertz CT molecular complexity index is 516. The van der Waals surface area contributed by atoms with Crippen molar-refractivity contribution in [3.63, 3.8) is 0 Å². The molecule has 2 saturated heterocycles. The molecule has 1 aromatic rings. The number of fused-ring (bicyclic) bond motifs is 2. The van der Waals surface area contributed by atoms with Crippen LogP contribution in [-0.2, 0) is 10.2 Å². The van der Waals surface area contributed by atoms with Gasteiger partial charge in [-0.05, 0) is 55.8 Å². The molecule has 21 heavy (non-hydrogen) atoms. The van der Waals surface area contributed by atoms with Gasteiger partial charge in [0.1, 0.15) is 0 Å². The van der Waals surface area contributed by atoms with Gasteiger partial charge in [0.15, 0.2) is 0 Å². The maximum atomic E-state index is 5.56. The lowest BCUT2D eigenvalue weighted by Crippen LogP contribution is -2.41. The first-order chi connectivity index (χ1) is 10.3. The standard InChI is InChI=1S/C18H26N2O/c1-14-2-3-16-15(12-14)17(20-8-10-21-11-9-20)13-18(16)4-6-19-7-5-18/h2-3,12,17,19H,4-11,13H2,1H3/t17-/m1/s1. The molecule has 0 aromatic heterocycles. The van der Waals surface area contributed by atoms with Crippen LogP contribution in [0.2, 0.25) is 0 Å². The number of piperidine rings is 1. The molecule has 2 fully saturated rings. The van der Waals surface area contributed by atoms with Gasteiger partial charge in [-0.1, -0.05) is 23.8 Å². The van der Waals surface area contributed by atoms with E-state index in [2.05, 4.69) is 35.3 Å². The lowest BCUT2D eigenvalue weighted by molar-refractivity contribution is 0.0120. The zero-order valence-electron chi connectivity index (χ0n) is 13.0. The lowest BCUT2D eigenvalue weighted by Gasteiger charge is -2.37. The van der Waals surface area contributed by atoms with E-state index >= 15 is 0 Å². The van der Waals surface area contributed by atoms with Crippen LogP contribution in [0.5, 0.6) is 0 Å². The largest absolute Gasteiger partial charge is 0.379 e. The molecule has 1 spiro atoms. The Kier molecular flexibility index (Phi) is 3.52. The second-order valence-electron chi connectivity index (χ2n) is 6.99. The minimum Gasteiger partial charge on any atom is -0.379 e. The summed E-state index contributed by atoms with van der Waals surface area (Å²) in [4.78, 5) is 2.67. The summed E-state index contributed by atoms with van der Waals surface area (Å²) >= 11 is 0. The first-order valence-corrected chi connectivity index (χ1v) is 8.42. The van der Waals surface area contributed by atoms with E-state index in [-0.39, 0.29) is 0 Å². The van der Waals surface area contributed by atoms with Crippen molar-refractivity contribution in [2.45, 2.75) is 37.6 Å². The van der Waals surface area contributed by atoms with Crippen LogP contribution in [0.1, 0.15) is 42.0 Å². The van der Waals surface area contributed by atoms with Crippen molar-refractivity contribution in [3.8, 4) is 0 Å². The van der Waals surface area contributed by atoms with E-state index in [0.29, 0.717) is 11.5 Å². The number of nitrogens with zero attached hydrogens (tertiary/aromatic N) is 1. The highest BCUT2D eigenvalue weighted by Crippen LogP contribution is 2.52. The van der Waals surface area contributed by atoms with E-state index in [0.717, 1.165) is 26.3 Å². The molecule has 0 radical (unpaired) electrons. The number of aryl methyl sites for hydroxylation is 1. The van der Waals surface area contributed by atoms with E-state index in [1.807, 2.05) is 0 Å². The third kappa shape index (κ3) is 2.32. The van der Waals surface area contributed by atoms with Crippen molar-refractivity contribution in [1.29, 1.82) is 0 Å². The average molecular weight is 286 g/mol. The van der Waals surface area contributed by atoms with Crippen LogP contribution < -0.4 is 5.32 Å². The minimum absolute atomic E-state index is 0.428. The van der Waals surface area contributed by atoms with Gasteiger partial charge in [0, 0.05) is 19.1 Å². The van der Waals surface area contributed by atoms with Crippen LogP contribution in [0, 0.1) is 6.92 Å². The summed E-state index contributed by atoms with van der Waals surface area (Å²) in [7, 11) is 0. The number of ether oxygens (including phenoxy) is 1. The Balaban J connectivity index is 1.72. The van der Waals surface area contributed by atoms with E-state index in [1.54, 1.807) is 11.1 Å². The van der Waals surface area contributed by atoms with Crippen LogP contribution >= 0.6 is 0 Å². The number of rotatable bonds is 1. The third-order valence-corrected chi connectivity index (χ3v) is 5.77. The smallest absolute Gasteiger partial charge is 0.0594 e. The fourth-order valence-corrected chi connectivity index (χ4v) is 4.62. The number of morpholine rings is 1. The maximum Gasteiger partial charge on any atom is 0.0594 e. The molecule has 0 unspecified atom stereocenters. The second-order valence-corrected chi connectivity index (χ2v) is 6.99. The minimum atomic E-state index is 0.428. The molecule has 3 heteroatoms. The van der Waals surface area contributed by atoms with Gasteiger partial charge in [-0.3, -0.25) is 4.90 Å². The second kappa shape index (κ2) is 5.38. The molecule has 3 aliphatic rings. The molecule has 2 heterocycles. The summed E-state index contributed by atoms with van der Waals surface area (Å²) in [5.41, 5.74) is 5.08. The fourth-order valence-electron chi connectivity index (χ4n) is 4.62. The Morgan fingerprint density at radius 2 is 1.95 bits per heavy atom. The summed E-state index contributed by atoms with van der Waals surface area (Å²) in [6.45, 7) is 8.54. The molecule has 2 aliphatic heterocycles. The monoisotopic (exact) mass is 286 g/mol. The highest BCUT2D eigenvalue weighted by atomic mass is 16.5. The lowest BCUT2D eigenvalue weighted by atomic mass is 9.74. The number of nitrogens with one attached hydrogen (secondary N) is 1.